The van der Waals surface area contributed by atoms with Crippen LogP contribution in [0.1, 0.15) is 6.92 Å². The number of hydrogen-bond donors (Lipinski definition) is 1. The van der Waals surface area contributed by atoms with E-state index in [-0.39, 0.29) is 15.2 Å². The fraction of sp³-hybridized carbons (Fsp3) is 0.571. The molecule has 5 nitrogen and oxygen atoms in total. The number of aromatic nitrogens is 1. The van der Waals surface area contributed by atoms with Crippen molar-refractivity contribution >= 4 is 33.0 Å². The van der Waals surface area contributed by atoms with Gasteiger partial charge in [0, 0.05) is 13.6 Å². The highest BCUT2D eigenvalue weighted by atomic mass is 35.5. The molecule has 1 unspecified atom stereocenters. The van der Waals surface area contributed by atoms with E-state index in [4.69, 9.17) is 16.7 Å². The molecule has 0 aliphatic rings. The van der Waals surface area contributed by atoms with Gasteiger partial charge in [-0.2, -0.15) is 4.31 Å². The van der Waals surface area contributed by atoms with Crippen molar-refractivity contribution in [3.8, 4) is 0 Å². The summed E-state index contributed by atoms with van der Waals surface area (Å²) in [5.41, 5.74) is 0. The maximum absolute atomic E-state index is 11.8. The van der Waals surface area contributed by atoms with E-state index < -0.39 is 16.1 Å². The number of aliphatic hydroxyl groups excluding tert-OH is 1. The molecule has 1 heterocycles. The summed E-state index contributed by atoms with van der Waals surface area (Å²) in [6.07, 6.45) is 0.495. The van der Waals surface area contributed by atoms with Crippen LogP contribution >= 0.6 is 22.9 Å². The first-order valence-electron chi connectivity index (χ1n) is 4.09. The third kappa shape index (κ3) is 3.12. The van der Waals surface area contributed by atoms with Crippen LogP contribution < -0.4 is 0 Å². The maximum Gasteiger partial charge on any atom is 0.254 e. The summed E-state index contributed by atoms with van der Waals surface area (Å²) in [6, 6.07) is 0. The van der Waals surface area contributed by atoms with E-state index in [2.05, 4.69) is 4.98 Å². The van der Waals surface area contributed by atoms with Gasteiger partial charge in [-0.3, -0.25) is 0 Å². The molecule has 86 valence electrons. The van der Waals surface area contributed by atoms with Gasteiger partial charge in [0.15, 0.2) is 8.68 Å². The van der Waals surface area contributed by atoms with Gasteiger partial charge in [-0.1, -0.05) is 22.9 Å². The Bertz CT molecular complexity index is 429. The number of halogens is 1. The molecule has 0 spiro atoms. The van der Waals surface area contributed by atoms with E-state index in [0.29, 0.717) is 0 Å². The van der Waals surface area contributed by atoms with Crippen LogP contribution in [0.25, 0.3) is 0 Å². The minimum atomic E-state index is -3.57. The van der Waals surface area contributed by atoms with Gasteiger partial charge >= 0.3 is 0 Å². The number of nitrogens with zero attached hydrogens (tertiary/aromatic N) is 2. The predicted octanol–water partition coefficient (Wildman–Crippen LogP) is 0.798. The lowest BCUT2D eigenvalue weighted by Crippen LogP contribution is -2.32. The van der Waals surface area contributed by atoms with Gasteiger partial charge in [-0.25, -0.2) is 13.4 Å². The molecule has 0 radical (unpaired) electrons. The summed E-state index contributed by atoms with van der Waals surface area (Å²) in [4.78, 5) is 3.66. The van der Waals surface area contributed by atoms with E-state index >= 15 is 0 Å². The fourth-order valence-corrected chi connectivity index (χ4v) is 3.74. The second-order valence-corrected chi connectivity index (χ2v) is 6.95. The molecule has 0 aliphatic heterocycles. The zero-order valence-electron chi connectivity index (χ0n) is 8.21. The maximum atomic E-state index is 11.8. The quantitative estimate of drug-likeness (QED) is 0.879. The highest BCUT2D eigenvalue weighted by molar-refractivity contribution is 7.91. The Morgan fingerprint density at radius 2 is 2.33 bits per heavy atom. The van der Waals surface area contributed by atoms with E-state index in [0.717, 1.165) is 15.6 Å². The van der Waals surface area contributed by atoms with Crippen LogP contribution in [0.5, 0.6) is 0 Å². The predicted molar refractivity (Wildman–Crippen MR) is 58.6 cm³/mol. The van der Waals surface area contributed by atoms with Gasteiger partial charge in [0.05, 0.1) is 12.3 Å². The van der Waals surface area contributed by atoms with Crippen LogP contribution in [0.3, 0.4) is 0 Å². The van der Waals surface area contributed by atoms with Crippen molar-refractivity contribution in [2.24, 2.45) is 0 Å². The van der Waals surface area contributed by atoms with Crippen molar-refractivity contribution in [2.45, 2.75) is 17.2 Å². The minimum Gasteiger partial charge on any atom is -0.392 e. The number of sulfonamides is 1. The van der Waals surface area contributed by atoms with Crippen molar-refractivity contribution < 1.29 is 13.5 Å². The van der Waals surface area contributed by atoms with Crippen molar-refractivity contribution in [3.05, 3.63) is 10.7 Å². The average Bonchev–Trinajstić information content (AvgIpc) is 2.50. The number of rotatable bonds is 4. The Kier molecular flexibility index (Phi) is 4.07. The molecular weight excluding hydrogens is 260 g/mol. The van der Waals surface area contributed by atoms with Gasteiger partial charge in [0.1, 0.15) is 0 Å². The fourth-order valence-electron chi connectivity index (χ4n) is 0.982. The topological polar surface area (TPSA) is 70.5 Å². The van der Waals surface area contributed by atoms with Gasteiger partial charge in [0.25, 0.3) is 10.0 Å². The zero-order valence-corrected chi connectivity index (χ0v) is 10.6. The summed E-state index contributed by atoms with van der Waals surface area (Å²) < 4.78 is 24.9. The largest absolute Gasteiger partial charge is 0.392 e. The smallest absolute Gasteiger partial charge is 0.254 e. The Hall–Kier alpha value is -0.210. The number of likely N-dealkylation sites (N-methyl/N-ethyl adjacent to an activating group) is 1. The standard InChI is InChI=1S/C7H11ClN2O3S2/c1-5(11)4-10(2)15(12,13)6-3-9-7(8)14-6/h3,5,11H,4H2,1-2H3. The number of hydrogen-bond acceptors (Lipinski definition) is 5. The Labute approximate surface area is 97.4 Å². The summed E-state index contributed by atoms with van der Waals surface area (Å²) >= 11 is 6.45. The summed E-state index contributed by atoms with van der Waals surface area (Å²) in [5.74, 6) is 0. The van der Waals surface area contributed by atoms with Gasteiger partial charge in [0.2, 0.25) is 0 Å². The summed E-state index contributed by atoms with van der Waals surface area (Å²) in [6.45, 7) is 1.56. The monoisotopic (exact) mass is 270 g/mol. The first kappa shape index (κ1) is 12.9. The summed E-state index contributed by atoms with van der Waals surface area (Å²) in [7, 11) is -2.17. The number of aliphatic hydroxyl groups is 1. The van der Waals surface area contributed by atoms with E-state index in [9.17, 15) is 8.42 Å². The second kappa shape index (κ2) is 4.75. The second-order valence-electron chi connectivity index (χ2n) is 3.07. The Morgan fingerprint density at radius 3 is 2.73 bits per heavy atom. The summed E-state index contributed by atoms with van der Waals surface area (Å²) in [5, 5.41) is 9.09. The molecule has 0 amide bonds. The molecule has 1 rings (SSSR count). The molecule has 0 aromatic carbocycles. The van der Waals surface area contributed by atoms with Crippen molar-refractivity contribution in [3.63, 3.8) is 0 Å². The molecule has 0 aliphatic carbocycles. The molecular formula is C7H11ClN2O3S2. The highest BCUT2D eigenvalue weighted by Gasteiger charge is 2.24. The van der Waals surface area contributed by atoms with Crippen molar-refractivity contribution in [2.75, 3.05) is 13.6 Å². The Balaban J connectivity index is 2.93. The van der Waals surface area contributed by atoms with Crippen LogP contribution in [0.2, 0.25) is 4.47 Å². The Morgan fingerprint density at radius 1 is 1.73 bits per heavy atom. The molecule has 1 atom stereocenters. The lowest BCUT2D eigenvalue weighted by molar-refractivity contribution is 0.171. The molecule has 0 bridgehead atoms. The van der Waals surface area contributed by atoms with Crippen LogP contribution in [0.4, 0.5) is 0 Å². The van der Waals surface area contributed by atoms with Crippen LogP contribution in [-0.2, 0) is 10.0 Å². The lowest BCUT2D eigenvalue weighted by Gasteiger charge is -2.16. The number of thiazole rings is 1. The normalized spacial score (nSPS) is 14.5. The van der Waals surface area contributed by atoms with E-state index in [1.807, 2.05) is 0 Å². The first-order valence-corrected chi connectivity index (χ1v) is 6.73. The van der Waals surface area contributed by atoms with Gasteiger partial charge in [-0.05, 0) is 6.92 Å². The molecule has 15 heavy (non-hydrogen) atoms. The molecule has 0 fully saturated rings. The molecule has 0 saturated heterocycles. The molecule has 8 heteroatoms. The van der Waals surface area contributed by atoms with Crippen molar-refractivity contribution in [1.29, 1.82) is 0 Å². The highest BCUT2D eigenvalue weighted by Crippen LogP contribution is 2.24. The molecule has 1 N–H and O–H groups in total. The third-order valence-electron chi connectivity index (χ3n) is 1.64. The molecule has 1 aromatic heterocycles. The lowest BCUT2D eigenvalue weighted by atomic mass is 10.4. The van der Waals surface area contributed by atoms with E-state index in [1.165, 1.54) is 20.2 Å². The SMILES string of the molecule is CC(O)CN(C)S(=O)(=O)c1cnc(Cl)s1. The van der Waals surface area contributed by atoms with E-state index in [1.54, 1.807) is 0 Å². The van der Waals surface area contributed by atoms with Gasteiger partial charge in [-0.15, -0.1) is 0 Å². The molecule has 1 aromatic rings. The van der Waals surface area contributed by atoms with Crippen molar-refractivity contribution in [1.82, 2.24) is 9.29 Å². The van der Waals surface area contributed by atoms with Crippen LogP contribution in [0.15, 0.2) is 10.4 Å². The van der Waals surface area contributed by atoms with Gasteiger partial charge < -0.3 is 5.11 Å². The average molecular weight is 271 g/mol. The molecule has 0 saturated carbocycles. The first-order chi connectivity index (χ1) is 6.84. The minimum absolute atomic E-state index is 0.0395. The van der Waals surface area contributed by atoms with Crippen LogP contribution in [0, 0.1) is 0 Å². The van der Waals surface area contributed by atoms with Crippen LogP contribution in [-0.4, -0.2) is 42.5 Å². The third-order valence-corrected chi connectivity index (χ3v) is 5.02. The zero-order chi connectivity index (χ0) is 11.6.